The van der Waals surface area contributed by atoms with E-state index in [1.165, 1.54) is 38.1 Å². The van der Waals surface area contributed by atoms with Crippen molar-refractivity contribution in [2.75, 3.05) is 20.4 Å². The van der Waals surface area contributed by atoms with Crippen LogP contribution in [0, 0.1) is 52.9 Å². The van der Waals surface area contributed by atoms with Crippen LogP contribution in [-0.2, 0) is 49.9 Å². The molecule has 0 atom stereocenters. The third-order valence-electron chi connectivity index (χ3n) is 13.6. The second-order valence-electron chi connectivity index (χ2n) is 23.0. The second-order valence-corrected chi connectivity index (χ2v) is 40.8. The van der Waals surface area contributed by atoms with E-state index in [4.69, 9.17) is 152 Å². The predicted molar refractivity (Wildman–Crippen MR) is 510 cm³/mol. The summed E-state index contributed by atoms with van der Waals surface area (Å²) in [4.78, 5) is 110. The molecule has 0 amide bonds. The molecule has 0 aliphatic rings. The zero-order valence-corrected chi connectivity index (χ0v) is 88.5. The number of esters is 2. The zero-order valence-electron chi connectivity index (χ0n) is 71.2. The number of carbonyl (C=O) groups excluding carboxylic acids is 5. The number of aromatic carboxylic acids is 1. The Bertz CT molecular complexity index is 5460. The summed E-state index contributed by atoms with van der Waals surface area (Å²) in [6.07, 6.45) is 3.69. The molecule has 712 valence electrons. The summed E-state index contributed by atoms with van der Waals surface area (Å²) in [5.74, 6) is 0.853. The van der Waals surface area contributed by atoms with E-state index < -0.39 is 78.2 Å². The Morgan fingerprint density at radius 2 is 0.797 bits per heavy atom. The van der Waals surface area contributed by atoms with Gasteiger partial charge in [-0.15, -0.1) is 0 Å². The summed E-state index contributed by atoms with van der Waals surface area (Å²) in [5.41, 5.74) is 0.0265. The van der Waals surface area contributed by atoms with Crippen LogP contribution < -0.4 is 81.4 Å². The molecule has 0 aliphatic carbocycles. The number of benzene rings is 6. The van der Waals surface area contributed by atoms with E-state index >= 15 is 0 Å². The van der Waals surface area contributed by atoms with Crippen molar-refractivity contribution in [2.24, 2.45) is 5.14 Å². The van der Waals surface area contributed by atoms with Crippen molar-refractivity contribution >= 4 is 255 Å². The van der Waals surface area contributed by atoms with Crippen LogP contribution in [0.4, 0.5) is 4.39 Å². The average molecular weight is 2310 g/mol. The summed E-state index contributed by atoms with van der Waals surface area (Å²) in [5, 5.41) is 24.0. The molecule has 0 fully saturated rings. The zero-order chi connectivity index (χ0) is 101. The van der Waals surface area contributed by atoms with Crippen LogP contribution in [0.1, 0.15) is 91.5 Å². The topological polar surface area (TPSA) is 480 Å². The summed E-state index contributed by atoms with van der Waals surface area (Å²) < 4.78 is 86.4. The summed E-state index contributed by atoms with van der Waals surface area (Å²) in [7, 11) is 3.57. The molecule has 30 nitrogen and oxygen atoms in total. The number of carboxylic acids is 1. The number of aryl methyl sites for hydroxylation is 6. The van der Waals surface area contributed by atoms with Gasteiger partial charge in [0, 0.05) is 0 Å². The van der Waals surface area contributed by atoms with Gasteiger partial charge < -0.3 is 42.8 Å². The number of aromatic nitrogens is 10. The molecular weight excluding hydrogens is 2240 g/mol. The van der Waals surface area contributed by atoms with E-state index in [9.17, 15) is 42.5 Å². The van der Waals surface area contributed by atoms with Gasteiger partial charge in [-0.2, -0.15) is 8.42 Å². The summed E-state index contributed by atoms with van der Waals surface area (Å²) >= 11 is 61.9. The molecule has 0 aliphatic heterocycles. The average Bonchev–Trinajstić information content (AvgIpc) is 1.15. The molecule has 6 aromatic carbocycles. The Kier molecular flexibility index (Phi) is 68.7. The number of aromatic amines is 1. The first-order valence-corrected chi connectivity index (χ1v) is 52.1. The Morgan fingerprint density at radius 1 is 0.534 bits per heavy atom. The van der Waals surface area contributed by atoms with Crippen LogP contribution in [0.3, 0.4) is 0 Å². The largest absolute Gasteiger partial charge is 1.00 e. The molecule has 0 saturated heterocycles. The molecule has 7 aromatic heterocycles. The van der Waals surface area contributed by atoms with E-state index in [-0.39, 0.29) is 128 Å². The molecule has 0 saturated carbocycles. The molecule has 0 radical (unpaired) electrons. The number of hydrogen-bond donors (Lipinski definition) is 5. The number of halogens is 16. The van der Waals surface area contributed by atoms with E-state index in [1.54, 1.807) is 66.9 Å². The number of carboxylic acid groups (broad SMARTS) is 1. The number of aldehydes is 1. The number of alkyl halides is 1. The molecule has 7 heterocycles. The molecule has 133 heavy (non-hydrogen) atoms. The number of H-pyrrole nitrogens is 1. The Hall–Kier alpha value is -6.88. The van der Waals surface area contributed by atoms with Crippen LogP contribution in [0.25, 0.3) is 11.5 Å². The van der Waals surface area contributed by atoms with E-state index in [2.05, 4.69) is 294 Å². The van der Waals surface area contributed by atoms with Crippen LogP contribution in [0.15, 0.2) is 238 Å². The molecule has 0 unspecified atom stereocenters. The van der Waals surface area contributed by atoms with Gasteiger partial charge in [-0.25, -0.2) is 64.4 Å². The maximum atomic E-state index is 11.9. The molecule has 13 aromatic rings. The number of rotatable bonds is 14. The minimum atomic E-state index is -4.17. The minimum Gasteiger partial charge on any atom is -0.544 e. The van der Waals surface area contributed by atoms with Crippen molar-refractivity contribution < 1.29 is 147 Å². The van der Waals surface area contributed by atoms with Crippen molar-refractivity contribution in [3.63, 3.8) is 0 Å². The first-order valence-electron chi connectivity index (χ1n) is 36.2. The minimum absolute atomic E-state index is 0. The first-order chi connectivity index (χ1) is 62.7. The van der Waals surface area contributed by atoms with E-state index in [0.717, 1.165) is 11.8 Å². The number of ether oxygens (including phenoxy) is 2. The maximum absolute atomic E-state index is 11.9. The van der Waals surface area contributed by atoms with E-state index in [1.807, 2.05) is 19.1 Å². The Labute approximate surface area is 869 Å². The van der Waals surface area contributed by atoms with Crippen molar-refractivity contribution in [1.29, 1.82) is 0 Å². The van der Waals surface area contributed by atoms with Gasteiger partial charge in [0.25, 0.3) is 5.56 Å². The fourth-order valence-electron chi connectivity index (χ4n) is 8.97. The third kappa shape index (κ3) is 56.6. The predicted octanol–water partition coefficient (Wildman–Crippen LogP) is 15.8. The monoisotopic (exact) mass is 2300 g/mol. The quantitative estimate of drug-likeness (QED) is 0.00986. The fourth-order valence-corrected chi connectivity index (χ4v) is 15.7. The fraction of sp³-hybridized carbons (Fsp3) is 0.136. The normalized spacial score (nSPS) is 9.89. The smallest absolute Gasteiger partial charge is 0.544 e. The molecule has 0 bridgehead atoms. The van der Waals surface area contributed by atoms with Crippen molar-refractivity contribution in [1.82, 2.24) is 49.8 Å². The first kappa shape index (κ1) is 126. The number of hydrogen-bond acceptors (Lipinski definition) is 26. The van der Waals surface area contributed by atoms with Crippen LogP contribution in [0.5, 0.6) is 5.88 Å². The van der Waals surface area contributed by atoms with Crippen LogP contribution >= 0.6 is 178 Å². The van der Waals surface area contributed by atoms with Gasteiger partial charge in [-0.1, -0.05) is 263 Å². The van der Waals surface area contributed by atoms with Crippen LogP contribution in [0.2, 0.25) is 36.1 Å². The SMILES string of the molecule is CCOC(=O)c1c(Cl)nc(C)nc1-c1ccco1.CCOC(=O)c1c(Cl)nc(C)nc1Cl.Cc1ccco1.Cc1nc(Cl)c(C(=O)O)c(Cl)n1.Cc1nc(Cl)c(C=O)c(Cl)n1.Cc1nc(O)cc(=O)[nH]1.NS(=O)(=O)O.O=C(Cl)C(=O)Cl.O=P(Cl)(Cl)Cl.[2H]CF.[Cl][Pd][Cl].[Na+].[O-][Cl+][O-].c1ccc(P(c2ccccc2)c2ccccc2)cc1.c1ccc(P(c2ccccc2)c2ccccc2)cc1. The number of aromatic hydroxyl groups is 1. The molecule has 13 rings (SSSR count). The summed E-state index contributed by atoms with van der Waals surface area (Å²) in [6, 6.07) is 72.9. The van der Waals surface area contributed by atoms with Gasteiger partial charge in [0.2, 0.25) is 5.88 Å². The van der Waals surface area contributed by atoms with Crippen molar-refractivity contribution in [2.45, 2.75) is 55.4 Å². The van der Waals surface area contributed by atoms with Gasteiger partial charge in [0.05, 0.1) is 57.2 Å². The van der Waals surface area contributed by atoms with Crippen LogP contribution in [-0.4, -0.2) is 128 Å². The number of furan rings is 2. The standard InChI is InChI=1S/2C18H15P.C12H11ClN2O3.C8H8Cl2N2O2.C6H4Cl2N2O2.C6H4Cl2N2O.C5H6N2O2.C5H6O.C2Cl2O2.CH3F.Cl3OP.ClO2.2ClH.H3NO3S.Na.Pd/c2*1-4-10-16(11-5-1)19(17-12-6-2-7-13-17)18-14-8-3-9-15-18;1-3-17-12(16)9-10(8-5-4-6-18-8)14-7(2)15-11(9)13;1-3-14-8(13)5-6(9)11-4(2)12-7(5)10;1-2-9-4(7)3(6(11)12)5(8)10-2;1-3-9-5(7)4(2-11)6(8)10-3;1-3-6-4(8)2-5(9)7-3;1-5-3-2-4-6-5;3-1(5)2(4)6;1-2;1-5(2,3)4;2-1-3;;;1-5(2,3)4;;/h2*1-15H;4-6H,3H2,1-2H3;3H2,1-2H3;1H3,(H,11,12);2H,1H3;2H,1H3,(H2,6,7,8,9);2-4H,1H3;;1H3;;;2*1H;(H3,1,2,3,4);;/q;;;;;;;;;;;-1;;;;+1;+2/p-2/i;;;;;;;;;1D;;;;;;;. The van der Waals surface area contributed by atoms with Gasteiger partial charge in [-0.3, -0.25) is 32.7 Å². The third-order valence-corrected chi connectivity index (χ3v) is 20.9. The molecule has 52 heteroatoms. The molecule has 6 N–H and O–H groups in total. The Balaban J connectivity index is 0. The van der Waals surface area contributed by atoms with Gasteiger partial charge in [0.15, 0.2) is 12.0 Å². The number of nitrogens with two attached hydrogens (primary N) is 1. The van der Waals surface area contributed by atoms with Gasteiger partial charge >= 0.3 is 108 Å². The van der Waals surface area contributed by atoms with E-state index in [0.29, 0.717) is 46.9 Å². The summed E-state index contributed by atoms with van der Waals surface area (Å²) in [6.45, 7) is 14.0. The number of carbonyl (C=O) groups is 6. The molecular formula is C81H75Cl15FN11NaO19P3PdS. The Morgan fingerprint density at radius 3 is 1.02 bits per heavy atom. The van der Waals surface area contributed by atoms with Crippen molar-refractivity contribution in [3.05, 3.63) is 328 Å². The molecule has 0 spiro atoms. The van der Waals surface area contributed by atoms with Gasteiger partial charge in [0.1, 0.15) is 93.3 Å². The number of nitrogens with zero attached hydrogens (tertiary/aromatic N) is 9. The number of nitrogens with one attached hydrogen (secondary N) is 1. The second kappa shape index (κ2) is 72.4. The maximum Gasteiger partial charge on any atom is 1.00 e. The van der Waals surface area contributed by atoms with Crippen molar-refractivity contribution in [3.8, 4) is 17.3 Å². The van der Waals surface area contributed by atoms with Gasteiger partial charge in [-0.05, 0) is 184 Å².